The highest BCUT2D eigenvalue weighted by Gasteiger charge is 2.39. The Morgan fingerprint density at radius 3 is 2.37 bits per heavy atom. The molecule has 0 aliphatic carbocycles. The molecule has 3 nitrogen and oxygen atoms in total. The van der Waals surface area contributed by atoms with Crippen molar-refractivity contribution in [1.29, 1.82) is 0 Å². The lowest BCUT2D eigenvalue weighted by atomic mass is 9.86. The van der Waals surface area contributed by atoms with E-state index in [1.807, 2.05) is 31.7 Å². The first kappa shape index (κ1) is 17.8. The fourth-order valence-electron chi connectivity index (χ4n) is 3.91. The number of carbonyl (C=O) groups excluding carboxylic acids is 1. The third-order valence-electron chi connectivity index (χ3n) is 5.54. The number of amides is 1. The smallest absolute Gasteiger partial charge is 0.227 e. The fraction of sp³-hybridized carbons (Fsp3) is 0.375. The van der Waals surface area contributed by atoms with Gasteiger partial charge in [0.05, 0.1) is 0 Å². The van der Waals surface area contributed by atoms with Gasteiger partial charge in [0.1, 0.15) is 11.4 Å². The average Bonchev–Trinajstić information content (AvgIpc) is 2.68. The minimum Gasteiger partial charge on any atom is -0.482 e. The Morgan fingerprint density at radius 2 is 1.70 bits per heavy atom. The van der Waals surface area contributed by atoms with Crippen LogP contribution in [0.5, 0.6) is 5.75 Å². The van der Waals surface area contributed by atoms with Crippen LogP contribution in [0, 0.1) is 5.41 Å². The van der Waals surface area contributed by atoms with Crippen LogP contribution in [0.3, 0.4) is 0 Å². The van der Waals surface area contributed by atoms with Crippen molar-refractivity contribution in [3.05, 3.63) is 60.2 Å². The van der Waals surface area contributed by atoms with E-state index in [-0.39, 0.29) is 16.9 Å². The van der Waals surface area contributed by atoms with Gasteiger partial charge in [0.25, 0.3) is 0 Å². The van der Waals surface area contributed by atoms with Crippen molar-refractivity contribution in [2.45, 2.75) is 39.2 Å². The topological polar surface area (TPSA) is 29.5 Å². The van der Waals surface area contributed by atoms with E-state index in [9.17, 15) is 4.79 Å². The van der Waals surface area contributed by atoms with Gasteiger partial charge in [0.2, 0.25) is 5.91 Å². The largest absolute Gasteiger partial charge is 0.482 e. The van der Waals surface area contributed by atoms with E-state index in [1.54, 1.807) is 0 Å². The molecule has 0 aromatic heterocycles. The highest BCUT2D eigenvalue weighted by atomic mass is 16.5. The first-order valence-electron chi connectivity index (χ1n) is 9.73. The molecule has 0 N–H and O–H groups in total. The van der Waals surface area contributed by atoms with Gasteiger partial charge >= 0.3 is 0 Å². The predicted molar refractivity (Wildman–Crippen MR) is 110 cm³/mol. The highest BCUT2D eigenvalue weighted by molar-refractivity contribution is 5.81. The van der Waals surface area contributed by atoms with E-state index in [4.69, 9.17) is 4.74 Å². The molecule has 0 bridgehead atoms. The second kappa shape index (κ2) is 6.56. The van der Waals surface area contributed by atoms with Gasteiger partial charge in [0.15, 0.2) is 0 Å². The van der Waals surface area contributed by atoms with E-state index in [0.717, 1.165) is 37.2 Å². The number of benzene rings is 2. The van der Waals surface area contributed by atoms with Gasteiger partial charge in [-0.2, -0.15) is 0 Å². The molecule has 2 heterocycles. The van der Waals surface area contributed by atoms with Gasteiger partial charge in [-0.15, -0.1) is 0 Å². The third kappa shape index (κ3) is 3.51. The summed E-state index contributed by atoms with van der Waals surface area (Å²) in [7, 11) is 0. The summed E-state index contributed by atoms with van der Waals surface area (Å²) >= 11 is 0. The fourth-order valence-corrected chi connectivity index (χ4v) is 3.91. The molecule has 3 heteroatoms. The third-order valence-corrected chi connectivity index (χ3v) is 5.54. The van der Waals surface area contributed by atoms with Gasteiger partial charge < -0.3 is 9.64 Å². The van der Waals surface area contributed by atoms with Crippen molar-refractivity contribution in [1.82, 2.24) is 4.90 Å². The molecule has 2 aromatic carbocycles. The lowest BCUT2D eigenvalue weighted by Gasteiger charge is -2.43. The minimum atomic E-state index is -0.325. The molecule has 1 fully saturated rings. The monoisotopic (exact) mass is 361 g/mol. The molecule has 2 aromatic rings. The Balaban J connectivity index is 1.50. The zero-order valence-electron chi connectivity index (χ0n) is 16.4. The Kier molecular flexibility index (Phi) is 4.33. The van der Waals surface area contributed by atoms with Crippen LogP contribution in [-0.4, -0.2) is 29.5 Å². The summed E-state index contributed by atoms with van der Waals surface area (Å²) in [6.07, 6.45) is 6.06. The second-order valence-electron chi connectivity index (χ2n) is 8.66. The summed E-state index contributed by atoms with van der Waals surface area (Å²) in [6.45, 7) is 7.45. The molecule has 4 rings (SSSR count). The normalized spacial score (nSPS) is 18.1. The van der Waals surface area contributed by atoms with Gasteiger partial charge in [-0.1, -0.05) is 63.2 Å². The predicted octanol–water partition coefficient (Wildman–Crippen LogP) is 5.17. The number of fused-ring (bicyclic) bond motifs is 1. The number of rotatable bonds is 1. The molecule has 27 heavy (non-hydrogen) atoms. The number of piperidine rings is 1. The zero-order valence-corrected chi connectivity index (χ0v) is 16.4. The Labute approximate surface area is 161 Å². The van der Waals surface area contributed by atoms with Crippen LogP contribution in [0.2, 0.25) is 0 Å². The molecule has 0 radical (unpaired) electrons. The van der Waals surface area contributed by atoms with E-state index < -0.39 is 0 Å². The summed E-state index contributed by atoms with van der Waals surface area (Å²) in [5, 5.41) is 0. The van der Waals surface area contributed by atoms with Gasteiger partial charge in [-0.3, -0.25) is 4.79 Å². The SMILES string of the molecule is CC(C)(C)C(=O)N1CCC2(C=Cc3cc(-c4ccccc4)ccc3O2)CC1. The maximum atomic E-state index is 12.5. The maximum Gasteiger partial charge on any atom is 0.227 e. The van der Waals surface area contributed by atoms with E-state index >= 15 is 0 Å². The Bertz CT molecular complexity index is 869. The highest BCUT2D eigenvalue weighted by Crippen LogP contribution is 2.39. The van der Waals surface area contributed by atoms with Crippen molar-refractivity contribution in [3.63, 3.8) is 0 Å². The van der Waals surface area contributed by atoms with Gasteiger partial charge in [0, 0.05) is 36.9 Å². The summed E-state index contributed by atoms with van der Waals surface area (Å²) in [4.78, 5) is 14.5. The van der Waals surface area contributed by atoms with Crippen molar-refractivity contribution < 1.29 is 9.53 Å². The van der Waals surface area contributed by atoms with Crippen LogP contribution < -0.4 is 4.74 Å². The quantitative estimate of drug-likeness (QED) is 0.701. The second-order valence-corrected chi connectivity index (χ2v) is 8.66. The van der Waals surface area contributed by atoms with Crippen LogP contribution in [0.1, 0.15) is 39.2 Å². The molecule has 140 valence electrons. The van der Waals surface area contributed by atoms with Crippen molar-refractivity contribution in [2.75, 3.05) is 13.1 Å². The van der Waals surface area contributed by atoms with Crippen molar-refractivity contribution >= 4 is 12.0 Å². The van der Waals surface area contributed by atoms with Crippen LogP contribution in [0.4, 0.5) is 0 Å². The Hall–Kier alpha value is -2.55. The van der Waals surface area contributed by atoms with Crippen LogP contribution in [-0.2, 0) is 4.79 Å². The first-order chi connectivity index (χ1) is 12.9. The number of hydrogen-bond acceptors (Lipinski definition) is 2. The molecule has 0 saturated carbocycles. The molecule has 1 spiro atoms. The molecule has 2 aliphatic rings. The molecular formula is C24H27NO2. The summed E-state index contributed by atoms with van der Waals surface area (Å²) in [5.74, 6) is 1.16. The van der Waals surface area contributed by atoms with Crippen LogP contribution >= 0.6 is 0 Å². The molecule has 0 unspecified atom stereocenters. The number of nitrogens with zero attached hydrogens (tertiary/aromatic N) is 1. The number of carbonyl (C=O) groups is 1. The lowest BCUT2D eigenvalue weighted by Crippen LogP contribution is -2.51. The zero-order chi connectivity index (χ0) is 19.1. The van der Waals surface area contributed by atoms with E-state index in [2.05, 4.69) is 54.6 Å². The standard InChI is InChI=1S/C24H27NO2/c1-23(2,3)22(26)25-15-13-24(14-16-25)12-11-20-17-19(9-10-21(20)27-24)18-7-5-4-6-8-18/h4-12,17H,13-16H2,1-3H3. The van der Waals surface area contributed by atoms with Gasteiger partial charge in [-0.25, -0.2) is 0 Å². The van der Waals surface area contributed by atoms with Crippen molar-refractivity contribution in [3.8, 4) is 16.9 Å². The number of likely N-dealkylation sites (tertiary alicyclic amines) is 1. The molecule has 2 aliphatic heterocycles. The number of ether oxygens (including phenoxy) is 1. The van der Waals surface area contributed by atoms with Crippen molar-refractivity contribution in [2.24, 2.45) is 5.41 Å². The molecule has 1 saturated heterocycles. The first-order valence-corrected chi connectivity index (χ1v) is 9.73. The maximum absolute atomic E-state index is 12.5. The summed E-state index contributed by atoms with van der Waals surface area (Å²) in [5.41, 5.74) is 2.92. The minimum absolute atomic E-state index is 0.227. The van der Waals surface area contributed by atoms with E-state index in [0.29, 0.717) is 0 Å². The molecular weight excluding hydrogens is 334 g/mol. The summed E-state index contributed by atoms with van der Waals surface area (Å²) in [6, 6.07) is 16.8. The molecule has 1 amide bonds. The summed E-state index contributed by atoms with van der Waals surface area (Å²) < 4.78 is 6.44. The van der Waals surface area contributed by atoms with Gasteiger partial charge in [-0.05, 0) is 29.3 Å². The molecule has 0 atom stereocenters. The van der Waals surface area contributed by atoms with Crippen LogP contribution in [0.25, 0.3) is 17.2 Å². The lowest BCUT2D eigenvalue weighted by molar-refractivity contribution is -0.142. The Morgan fingerprint density at radius 1 is 1.00 bits per heavy atom. The number of hydrogen-bond donors (Lipinski definition) is 0. The van der Waals surface area contributed by atoms with E-state index in [1.165, 1.54) is 11.1 Å². The average molecular weight is 361 g/mol. The van der Waals surface area contributed by atoms with Crippen LogP contribution in [0.15, 0.2) is 54.6 Å².